The largest absolute Gasteiger partial charge is 0.492 e. The molecular weight excluding hydrogens is 278 g/mol. The topological polar surface area (TPSA) is 56.2 Å². The van der Waals surface area contributed by atoms with E-state index in [4.69, 9.17) is 4.74 Å². The maximum Gasteiger partial charge on any atom is 0.227 e. The van der Waals surface area contributed by atoms with Gasteiger partial charge in [0.05, 0.1) is 5.92 Å². The molecule has 2 atom stereocenters. The first-order valence-electron chi connectivity index (χ1n) is 7.80. The second-order valence-corrected chi connectivity index (χ2v) is 6.06. The van der Waals surface area contributed by atoms with E-state index in [9.17, 15) is 4.79 Å². The van der Waals surface area contributed by atoms with Crippen LogP contribution in [-0.4, -0.2) is 28.1 Å². The molecule has 0 aliphatic carbocycles. The summed E-state index contributed by atoms with van der Waals surface area (Å²) in [6.07, 6.45) is 6.43. The van der Waals surface area contributed by atoms with Crippen LogP contribution in [-0.2, 0) is 24.2 Å². The van der Waals surface area contributed by atoms with Gasteiger partial charge in [0.2, 0.25) is 5.91 Å². The molecule has 1 aromatic carbocycles. The molecule has 2 aliphatic heterocycles. The first-order valence-corrected chi connectivity index (χ1v) is 7.80. The number of rotatable bonds is 2. The quantitative estimate of drug-likeness (QED) is 0.915. The maximum absolute atomic E-state index is 12.5. The van der Waals surface area contributed by atoms with E-state index in [1.807, 2.05) is 36.7 Å². The van der Waals surface area contributed by atoms with E-state index in [0.29, 0.717) is 6.61 Å². The van der Waals surface area contributed by atoms with E-state index in [1.54, 1.807) is 0 Å². The van der Waals surface area contributed by atoms with Crippen molar-refractivity contribution in [2.45, 2.75) is 31.8 Å². The van der Waals surface area contributed by atoms with Crippen LogP contribution in [0.4, 0.5) is 0 Å². The van der Waals surface area contributed by atoms with Crippen LogP contribution >= 0.6 is 0 Å². The standard InChI is InChI=1S/C17H19N3O2/c21-17(13-9-12-3-1-2-4-15(12)22-11-13)19-14-5-6-16-18-7-8-20(16)10-14/h1-4,7-8,13-14H,5-6,9-11H2,(H,19,21)/t13-,14+/m0/s1. The molecular formula is C17H19N3O2. The number of amides is 1. The Morgan fingerprint density at radius 1 is 1.36 bits per heavy atom. The van der Waals surface area contributed by atoms with Crippen molar-refractivity contribution in [2.75, 3.05) is 6.61 Å². The van der Waals surface area contributed by atoms with Gasteiger partial charge in [-0.15, -0.1) is 0 Å². The Bertz CT molecular complexity index is 695. The summed E-state index contributed by atoms with van der Waals surface area (Å²) < 4.78 is 7.84. The minimum absolute atomic E-state index is 0.0981. The van der Waals surface area contributed by atoms with Crippen LogP contribution in [0.3, 0.4) is 0 Å². The van der Waals surface area contributed by atoms with E-state index in [0.717, 1.165) is 42.9 Å². The molecule has 1 N–H and O–H groups in total. The molecule has 1 amide bonds. The van der Waals surface area contributed by atoms with Crippen LogP contribution in [0.5, 0.6) is 5.75 Å². The fourth-order valence-electron chi connectivity index (χ4n) is 3.30. The van der Waals surface area contributed by atoms with Crippen molar-refractivity contribution in [2.24, 2.45) is 5.92 Å². The fourth-order valence-corrected chi connectivity index (χ4v) is 3.30. The van der Waals surface area contributed by atoms with Crippen LogP contribution in [0.15, 0.2) is 36.7 Å². The Morgan fingerprint density at radius 3 is 3.23 bits per heavy atom. The fraction of sp³-hybridized carbons (Fsp3) is 0.412. The van der Waals surface area contributed by atoms with Crippen LogP contribution in [0, 0.1) is 5.92 Å². The van der Waals surface area contributed by atoms with Gasteiger partial charge in [-0.1, -0.05) is 18.2 Å². The van der Waals surface area contributed by atoms with Crippen LogP contribution in [0.1, 0.15) is 17.8 Å². The Balaban J connectivity index is 1.39. The molecule has 0 unspecified atom stereocenters. The molecule has 0 saturated carbocycles. The summed E-state index contributed by atoms with van der Waals surface area (Å²) in [5.74, 6) is 2.02. The number of hydrogen-bond donors (Lipinski definition) is 1. The molecule has 3 heterocycles. The van der Waals surface area contributed by atoms with Gasteiger partial charge in [-0.3, -0.25) is 4.79 Å². The number of imidazole rings is 1. The van der Waals surface area contributed by atoms with Gasteiger partial charge in [0.1, 0.15) is 18.2 Å². The monoisotopic (exact) mass is 297 g/mol. The van der Waals surface area contributed by atoms with Crippen molar-refractivity contribution in [3.63, 3.8) is 0 Å². The minimum Gasteiger partial charge on any atom is -0.492 e. The van der Waals surface area contributed by atoms with Gasteiger partial charge >= 0.3 is 0 Å². The number of ether oxygens (including phenoxy) is 1. The van der Waals surface area contributed by atoms with Gasteiger partial charge in [-0.05, 0) is 24.5 Å². The Labute approximate surface area is 129 Å². The average Bonchev–Trinajstić information content (AvgIpc) is 3.02. The molecule has 5 nitrogen and oxygen atoms in total. The lowest BCUT2D eigenvalue weighted by atomic mass is 9.95. The highest BCUT2D eigenvalue weighted by Gasteiger charge is 2.28. The van der Waals surface area contributed by atoms with E-state index in [1.165, 1.54) is 0 Å². The number of hydrogen-bond acceptors (Lipinski definition) is 3. The molecule has 1 aromatic heterocycles. The molecule has 2 aliphatic rings. The Kier molecular flexibility index (Phi) is 3.33. The first-order chi connectivity index (χ1) is 10.8. The zero-order chi connectivity index (χ0) is 14.9. The molecule has 0 bridgehead atoms. The smallest absolute Gasteiger partial charge is 0.227 e. The minimum atomic E-state index is -0.0981. The van der Waals surface area contributed by atoms with Gasteiger partial charge in [-0.2, -0.15) is 0 Å². The maximum atomic E-state index is 12.5. The van der Waals surface area contributed by atoms with Crippen molar-refractivity contribution >= 4 is 5.91 Å². The molecule has 0 radical (unpaired) electrons. The Hall–Kier alpha value is -2.30. The normalized spacial score (nSPS) is 23.1. The predicted octanol–water partition coefficient (Wildman–Crippen LogP) is 1.57. The van der Waals surface area contributed by atoms with Gasteiger partial charge in [0.15, 0.2) is 0 Å². The third-order valence-corrected chi connectivity index (χ3v) is 4.53. The number of aromatic nitrogens is 2. The summed E-state index contributed by atoms with van der Waals surface area (Å²) in [5, 5.41) is 3.18. The van der Waals surface area contributed by atoms with Gasteiger partial charge in [0, 0.05) is 31.4 Å². The number of para-hydroxylation sites is 1. The molecule has 0 spiro atoms. The van der Waals surface area contributed by atoms with E-state index in [-0.39, 0.29) is 17.9 Å². The third-order valence-electron chi connectivity index (χ3n) is 4.53. The van der Waals surface area contributed by atoms with Crippen molar-refractivity contribution in [3.05, 3.63) is 48.0 Å². The predicted molar refractivity (Wildman–Crippen MR) is 81.6 cm³/mol. The van der Waals surface area contributed by atoms with Crippen LogP contribution < -0.4 is 10.1 Å². The highest BCUT2D eigenvalue weighted by atomic mass is 16.5. The number of carbonyl (C=O) groups excluding carboxylic acids is 1. The van der Waals surface area contributed by atoms with E-state index >= 15 is 0 Å². The van der Waals surface area contributed by atoms with Gasteiger partial charge in [0.25, 0.3) is 0 Å². The lowest BCUT2D eigenvalue weighted by Gasteiger charge is -2.29. The number of carbonyl (C=O) groups is 1. The van der Waals surface area contributed by atoms with E-state index < -0.39 is 0 Å². The number of fused-ring (bicyclic) bond motifs is 2. The van der Waals surface area contributed by atoms with Crippen molar-refractivity contribution < 1.29 is 9.53 Å². The third kappa shape index (κ3) is 2.47. The SMILES string of the molecule is O=C(N[C@@H]1CCc2nccn2C1)[C@@H]1COc2ccccc2C1. The zero-order valence-corrected chi connectivity index (χ0v) is 12.4. The summed E-state index contributed by atoms with van der Waals surface area (Å²) in [7, 11) is 0. The summed E-state index contributed by atoms with van der Waals surface area (Å²) in [6, 6.07) is 8.14. The van der Waals surface area contributed by atoms with Crippen molar-refractivity contribution in [1.29, 1.82) is 0 Å². The van der Waals surface area contributed by atoms with Crippen molar-refractivity contribution in [3.8, 4) is 5.75 Å². The van der Waals surface area contributed by atoms with Gasteiger partial charge < -0.3 is 14.6 Å². The molecule has 2 aromatic rings. The molecule has 5 heteroatoms. The molecule has 0 fully saturated rings. The molecule has 0 saturated heterocycles. The summed E-state index contributed by atoms with van der Waals surface area (Å²) in [6.45, 7) is 1.27. The number of benzene rings is 1. The van der Waals surface area contributed by atoms with E-state index in [2.05, 4.69) is 14.9 Å². The lowest BCUT2D eigenvalue weighted by molar-refractivity contribution is -0.127. The summed E-state index contributed by atoms with van der Waals surface area (Å²) in [4.78, 5) is 16.8. The lowest BCUT2D eigenvalue weighted by Crippen LogP contribution is -2.46. The van der Waals surface area contributed by atoms with Crippen LogP contribution in [0.2, 0.25) is 0 Å². The van der Waals surface area contributed by atoms with Crippen molar-refractivity contribution in [1.82, 2.24) is 14.9 Å². The molecule has 4 rings (SSSR count). The second-order valence-electron chi connectivity index (χ2n) is 6.06. The Morgan fingerprint density at radius 2 is 2.27 bits per heavy atom. The molecule has 22 heavy (non-hydrogen) atoms. The second kappa shape index (κ2) is 5.48. The van der Waals surface area contributed by atoms with Gasteiger partial charge in [-0.25, -0.2) is 4.98 Å². The number of nitrogens with one attached hydrogen (secondary N) is 1. The zero-order valence-electron chi connectivity index (χ0n) is 12.4. The highest BCUT2D eigenvalue weighted by molar-refractivity contribution is 5.80. The summed E-state index contributed by atoms with van der Waals surface area (Å²) >= 11 is 0. The highest BCUT2D eigenvalue weighted by Crippen LogP contribution is 2.27. The number of nitrogens with zero attached hydrogens (tertiary/aromatic N) is 2. The summed E-state index contributed by atoms with van der Waals surface area (Å²) in [5.41, 5.74) is 1.12. The average molecular weight is 297 g/mol. The van der Waals surface area contributed by atoms with Crippen LogP contribution in [0.25, 0.3) is 0 Å². The first kappa shape index (κ1) is 13.4. The molecule has 114 valence electrons. The number of aryl methyl sites for hydroxylation is 1.